The van der Waals surface area contributed by atoms with Crippen LogP contribution in [0.5, 0.6) is 0 Å². The molecule has 1 atom stereocenters. The van der Waals surface area contributed by atoms with Gasteiger partial charge in [-0.2, -0.15) is 0 Å². The zero-order valence-electron chi connectivity index (χ0n) is 13.6. The molecule has 0 aromatic heterocycles. The molecule has 0 fully saturated rings. The molecule has 1 rings (SSSR count). The predicted molar refractivity (Wildman–Crippen MR) is 86.3 cm³/mol. The van der Waals surface area contributed by atoms with Crippen LogP contribution < -0.4 is 10.6 Å². The minimum atomic E-state index is -0.0718. The van der Waals surface area contributed by atoms with Crippen molar-refractivity contribution in [3.63, 3.8) is 0 Å². The van der Waals surface area contributed by atoms with Crippen molar-refractivity contribution in [2.75, 3.05) is 20.3 Å². The maximum absolute atomic E-state index is 11.8. The molecule has 0 aliphatic rings. The maximum atomic E-state index is 11.8. The summed E-state index contributed by atoms with van der Waals surface area (Å²) in [4.78, 5) is 11.8. The third-order valence-corrected chi connectivity index (χ3v) is 3.43. The molecule has 0 saturated heterocycles. The van der Waals surface area contributed by atoms with Crippen molar-refractivity contribution in [3.05, 3.63) is 35.9 Å². The van der Waals surface area contributed by atoms with Crippen LogP contribution in [0.1, 0.15) is 32.8 Å². The lowest BCUT2D eigenvalue weighted by atomic mass is 9.95. The summed E-state index contributed by atoms with van der Waals surface area (Å²) in [6, 6.07) is 10.4. The molecule has 1 aromatic rings. The Morgan fingerprint density at radius 1 is 1.29 bits per heavy atom. The lowest BCUT2D eigenvalue weighted by Crippen LogP contribution is -2.47. The average molecular weight is 292 g/mol. The summed E-state index contributed by atoms with van der Waals surface area (Å²) < 4.78 is 5.00. The highest BCUT2D eigenvalue weighted by molar-refractivity contribution is 5.78. The second-order valence-corrected chi connectivity index (χ2v) is 6.15. The number of rotatable bonds is 9. The van der Waals surface area contributed by atoms with E-state index in [1.165, 1.54) is 5.56 Å². The van der Waals surface area contributed by atoms with E-state index < -0.39 is 0 Å². The van der Waals surface area contributed by atoms with Gasteiger partial charge in [0, 0.05) is 18.7 Å². The second kappa shape index (κ2) is 8.80. The van der Waals surface area contributed by atoms with Crippen molar-refractivity contribution in [2.24, 2.45) is 0 Å². The Kier molecular flexibility index (Phi) is 7.40. The highest BCUT2D eigenvalue weighted by atomic mass is 16.5. The zero-order valence-corrected chi connectivity index (χ0v) is 13.6. The fourth-order valence-electron chi connectivity index (χ4n) is 2.13. The first kappa shape index (κ1) is 17.7. The Balaban J connectivity index is 2.30. The number of aryl methyl sites for hydroxylation is 1. The second-order valence-electron chi connectivity index (χ2n) is 6.15. The topological polar surface area (TPSA) is 50.4 Å². The van der Waals surface area contributed by atoms with Crippen molar-refractivity contribution >= 4 is 5.91 Å². The van der Waals surface area contributed by atoms with Gasteiger partial charge in [0.2, 0.25) is 5.91 Å². The summed E-state index contributed by atoms with van der Waals surface area (Å²) in [5, 5.41) is 6.22. The summed E-state index contributed by atoms with van der Waals surface area (Å²) >= 11 is 0. The van der Waals surface area contributed by atoms with Gasteiger partial charge in [0.25, 0.3) is 0 Å². The molecule has 0 bridgehead atoms. The quantitative estimate of drug-likeness (QED) is 0.733. The summed E-state index contributed by atoms with van der Waals surface area (Å²) in [5.41, 5.74) is 1.25. The first-order valence-electron chi connectivity index (χ1n) is 7.50. The number of hydrogen-bond acceptors (Lipinski definition) is 3. The number of amides is 1. The standard InChI is InChI=1S/C17H28N2O2/c1-14(13-21-4)19-16(20)12-18-17(2,3)11-10-15-8-6-5-7-9-15/h5-9,14,18H,10-13H2,1-4H3,(H,19,20). The third kappa shape index (κ3) is 7.83. The fraction of sp³-hybridized carbons (Fsp3) is 0.588. The highest BCUT2D eigenvalue weighted by Gasteiger charge is 2.18. The Morgan fingerprint density at radius 2 is 1.95 bits per heavy atom. The van der Waals surface area contributed by atoms with Crippen molar-refractivity contribution in [1.82, 2.24) is 10.6 Å². The van der Waals surface area contributed by atoms with Gasteiger partial charge in [-0.05, 0) is 39.2 Å². The molecular formula is C17H28N2O2. The lowest BCUT2D eigenvalue weighted by molar-refractivity contribution is -0.121. The van der Waals surface area contributed by atoms with Gasteiger partial charge in [0.15, 0.2) is 0 Å². The van der Waals surface area contributed by atoms with Crippen LogP contribution in [0.4, 0.5) is 0 Å². The molecule has 0 saturated carbocycles. The molecule has 4 heteroatoms. The van der Waals surface area contributed by atoms with E-state index in [1.807, 2.05) is 13.0 Å². The molecule has 4 nitrogen and oxygen atoms in total. The summed E-state index contributed by atoms with van der Waals surface area (Å²) in [5.74, 6) is 0.00679. The van der Waals surface area contributed by atoms with E-state index >= 15 is 0 Å². The summed E-state index contributed by atoms with van der Waals surface area (Å²) in [6.45, 7) is 7.05. The number of methoxy groups -OCH3 is 1. The molecule has 0 heterocycles. The number of benzene rings is 1. The van der Waals surface area contributed by atoms with Gasteiger partial charge in [-0.1, -0.05) is 30.3 Å². The van der Waals surface area contributed by atoms with Crippen LogP contribution in [-0.4, -0.2) is 37.7 Å². The number of carbonyl (C=O) groups excluding carboxylic acids is 1. The fourth-order valence-corrected chi connectivity index (χ4v) is 2.13. The first-order chi connectivity index (χ1) is 9.93. The molecule has 0 aliphatic carbocycles. The molecule has 1 aromatic carbocycles. The lowest BCUT2D eigenvalue weighted by Gasteiger charge is -2.26. The molecule has 21 heavy (non-hydrogen) atoms. The molecule has 0 spiro atoms. The largest absolute Gasteiger partial charge is 0.383 e. The molecular weight excluding hydrogens is 264 g/mol. The van der Waals surface area contributed by atoms with Gasteiger partial charge in [-0.3, -0.25) is 4.79 Å². The van der Waals surface area contributed by atoms with Crippen molar-refractivity contribution in [3.8, 4) is 0 Å². The van der Waals surface area contributed by atoms with Gasteiger partial charge >= 0.3 is 0 Å². The van der Waals surface area contributed by atoms with Crippen molar-refractivity contribution in [1.29, 1.82) is 0 Å². The Morgan fingerprint density at radius 3 is 2.57 bits per heavy atom. The molecule has 118 valence electrons. The number of hydrogen-bond donors (Lipinski definition) is 2. The van der Waals surface area contributed by atoms with Crippen LogP contribution in [0.3, 0.4) is 0 Å². The SMILES string of the molecule is COCC(C)NC(=O)CNC(C)(C)CCc1ccccc1. The molecule has 0 aliphatic heterocycles. The van der Waals surface area contributed by atoms with Crippen LogP contribution in [-0.2, 0) is 16.0 Å². The van der Waals surface area contributed by atoms with Crippen LogP contribution in [0, 0.1) is 0 Å². The van der Waals surface area contributed by atoms with E-state index in [2.05, 4.69) is 48.7 Å². The number of carbonyl (C=O) groups is 1. The normalized spacial score (nSPS) is 13.0. The van der Waals surface area contributed by atoms with E-state index in [0.717, 1.165) is 12.8 Å². The molecule has 0 radical (unpaired) electrons. The van der Waals surface area contributed by atoms with Gasteiger partial charge in [-0.15, -0.1) is 0 Å². The number of ether oxygens (including phenoxy) is 1. The van der Waals surface area contributed by atoms with Crippen molar-refractivity contribution in [2.45, 2.75) is 45.2 Å². The predicted octanol–water partition coefficient (Wildman–Crippen LogP) is 2.14. The monoisotopic (exact) mass is 292 g/mol. The maximum Gasteiger partial charge on any atom is 0.234 e. The Hall–Kier alpha value is -1.39. The third-order valence-electron chi connectivity index (χ3n) is 3.43. The molecule has 1 unspecified atom stereocenters. The van der Waals surface area contributed by atoms with E-state index in [4.69, 9.17) is 4.74 Å². The van der Waals surface area contributed by atoms with E-state index in [9.17, 15) is 4.79 Å². The van der Waals surface area contributed by atoms with Crippen LogP contribution in [0.25, 0.3) is 0 Å². The van der Waals surface area contributed by atoms with Gasteiger partial charge in [0.05, 0.1) is 13.2 Å². The summed E-state index contributed by atoms with van der Waals surface area (Å²) in [7, 11) is 1.63. The summed E-state index contributed by atoms with van der Waals surface area (Å²) in [6.07, 6.45) is 1.99. The first-order valence-corrected chi connectivity index (χ1v) is 7.50. The van der Waals surface area contributed by atoms with E-state index in [1.54, 1.807) is 7.11 Å². The van der Waals surface area contributed by atoms with Crippen LogP contribution in [0.2, 0.25) is 0 Å². The van der Waals surface area contributed by atoms with E-state index in [0.29, 0.717) is 13.2 Å². The van der Waals surface area contributed by atoms with Gasteiger partial charge < -0.3 is 15.4 Å². The van der Waals surface area contributed by atoms with Crippen LogP contribution in [0.15, 0.2) is 30.3 Å². The zero-order chi connectivity index (χ0) is 15.7. The number of nitrogens with one attached hydrogen (secondary N) is 2. The average Bonchev–Trinajstić information content (AvgIpc) is 2.45. The van der Waals surface area contributed by atoms with Gasteiger partial charge in [0.1, 0.15) is 0 Å². The van der Waals surface area contributed by atoms with Crippen LogP contribution >= 0.6 is 0 Å². The Labute approximate surface area is 128 Å². The molecule has 2 N–H and O–H groups in total. The van der Waals surface area contributed by atoms with E-state index in [-0.39, 0.29) is 17.5 Å². The molecule has 1 amide bonds. The van der Waals surface area contributed by atoms with Crippen molar-refractivity contribution < 1.29 is 9.53 Å². The smallest absolute Gasteiger partial charge is 0.234 e. The minimum absolute atomic E-state index is 0.00679. The Bertz CT molecular complexity index is 418. The van der Waals surface area contributed by atoms with Gasteiger partial charge in [-0.25, -0.2) is 0 Å². The minimum Gasteiger partial charge on any atom is -0.383 e. The highest BCUT2D eigenvalue weighted by Crippen LogP contribution is 2.13.